The quantitative estimate of drug-likeness (QED) is 0.736. The number of para-hydroxylation sites is 1. The third-order valence-corrected chi connectivity index (χ3v) is 5.31. The number of hydrogen-bond acceptors (Lipinski definition) is 4. The Bertz CT molecular complexity index is 733. The maximum absolute atomic E-state index is 12.7. The minimum atomic E-state index is -0.0670. The highest BCUT2D eigenvalue weighted by Crippen LogP contribution is 2.18. The van der Waals surface area contributed by atoms with E-state index in [1.807, 2.05) is 28.9 Å². The number of unbranched alkanes of at least 4 members (excludes halogenated alkanes) is 1. The van der Waals surface area contributed by atoms with Crippen LogP contribution in [0.4, 0.5) is 0 Å². The summed E-state index contributed by atoms with van der Waals surface area (Å²) in [4.78, 5) is 17.7. The average molecular weight is 372 g/mol. The van der Waals surface area contributed by atoms with Crippen LogP contribution in [-0.2, 0) is 6.54 Å². The van der Waals surface area contributed by atoms with Crippen molar-refractivity contribution in [3.63, 3.8) is 0 Å². The molecule has 1 fully saturated rings. The van der Waals surface area contributed by atoms with Crippen LogP contribution >= 0.6 is 0 Å². The van der Waals surface area contributed by atoms with Gasteiger partial charge < -0.3 is 10.2 Å². The molecule has 2 heterocycles. The van der Waals surface area contributed by atoms with E-state index >= 15 is 0 Å². The number of piperazine rings is 1. The standard InChI is InChI=1S/C21H33N5O/c1-3-5-12-24-14-16-25(17-15-24)13-10-22-21(27)20-18-8-6-7-9-19(18)26(23-20)11-4-2/h6-9H,3-5,10-17H2,1-2H3,(H,22,27). The van der Waals surface area contributed by atoms with Crippen molar-refractivity contribution in [2.45, 2.75) is 39.7 Å². The fourth-order valence-corrected chi connectivity index (χ4v) is 3.71. The lowest BCUT2D eigenvalue weighted by atomic mass is 10.2. The molecular formula is C21H33N5O. The van der Waals surface area contributed by atoms with Crippen molar-refractivity contribution in [1.29, 1.82) is 0 Å². The fourth-order valence-electron chi connectivity index (χ4n) is 3.71. The summed E-state index contributed by atoms with van der Waals surface area (Å²) in [5.74, 6) is -0.0670. The van der Waals surface area contributed by atoms with Gasteiger partial charge in [0, 0.05) is 51.2 Å². The number of carbonyl (C=O) groups excluding carboxylic acids is 1. The predicted molar refractivity (Wildman–Crippen MR) is 110 cm³/mol. The molecule has 1 N–H and O–H groups in total. The zero-order chi connectivity index (χ0) is 19.1. The molecule has 3 rings (SSSR count). The van der Waals surface area contributed by atoms with Crippen LogP contribution in [0.3, 0.4) is 0 Å². The van der Waals surface area contributed by atoms with E-state index in [0.29, 0.717) is 12.2 Å². The van der Waals surface area contributed by atoms with Crippen LogP contribution in [-0.4, -0.2) is 71.3 Å². The van der Waals surface area contributed by atoms with E-state index in [1.54, 1.807) is 0 Å². The minimum absolute atomic E-state index is 0.0670. The highest BCUT2D eigenvalue weighted by atomic mass is 16.1. The fraction of sp³-hybridized carbons (Fsp3) is 0.619. The SMILES string of the molecule is CCCCN1CCN(CCNC(=O)c2nn(CCC)c3ccccc23)CC1. The lowest BCUT2D eigenvalue weighted by Gasteiger charge is -2.34. The van der Waals surface area contributed by atoms with Crippen molar-refractivity contribution in [1.82, 2.24) is 24.9 Å². The van der Waals surface area contributed by atoms with Gasteiger partial charge in [-0.25, -0.2) is 0 Å². The number of nitrogens with one attached hydrogen (secondary N) is 1. The van der Waals surface area contributed by atoms with Crippen LogP contribution in [0.15, 0.2) is 24.3 Å². The summed E-state index contributed by atoms with van der Waals surface area (Å²) in [6, 6.07) is 7.98. The largest absolute Gasteiger partial charge is 0.349 e. The molecule has 0 unspecified atom stereocenters. The van der Waals surface area contributed by atoms with E-state index in [1.165, 1.54) is 19.4 Å². The average Bonchev–Trinajstić information content (AvgIpc) is 3.06. The number of amides is 1. The molecule has 0 saturated carbocycles. The van der Waals surface area contributed by atoms with Gasteiger partial charge >= 0.3 is 0 Å². The van der Waals surface area contributed by atoms with Gasteiger partial charge in [0.05, 0.1) is 5.52 Å². The van der Waals surface area contributed by atoms with E-state index in [-0.39, 0.29) is 5.91 Å². The highest BCUT2D eigenvalue weighted by molar-refractivity contribution is 6.04. The van der Waals surface area contributed by atoms with Crippen molar-refractivity contribution >= 4 is 16.8 Å². The second-order valence-corrected chi connectivity index (χ2v) is 7.38. The van der Waals surface area contributed by atoms with Gasteiger partial charge in [-0.05, 0) is 25.5 Å². The Hall–Kier alpha value is -1.92. The lowest BCUT2D eigenvalue weighted by Crippen LogP contribution is -2.48. The Kier molecular flexibility index (Phi) is 7.24. The first-order valence-electron chi connectivity index (χ1n) is 10.4. The minimum Gasteiger partial charge on any atom is -0.349 e. The Morgan fingerprint density at radius 3 is 2.41 bits per heavy atom. The monoisotopic (exact) mass is 371 g/mol. The topological polar surface area (TPSA) is 53.4 Å². The van der Waals surface area contributed by atoms with E-state index in [9.17, 15) is 4.79 Å². The normalized spacial score (nSPS) is 16.1. The number of aryl methyl sites for hydroxylation is 1. The van der Waals surface area contributed by atoms with Crippen molar-refractivity contribution in [3.05, 3.63) is 30.0 Å². The molecular weight excluding hydrogens is 338 g/mol. The second-order valence-electron chi connectivity index (χ2n) is 7.38. The smallest absolute Gasteiger partial charge is 0.272 e. The predicted octanol–water partition coefficient (Wildman–Crippen LogP) is 2.59. The summed E-state index contributed by atoms with van der Waals surface area (Å²) in [6.45, 7) is 12.4. The summed E-state index contributed by atoms with van der Waals surface area (Å²) in [6.07, 6.45) is 3.54. The van der Waals surface area contributed by atoms with Crippen molar-refractivity contribution in [3.8, 4) is 0 Å². The molecule has 0 aliphatic carbocycles. The summed E-state index contributed by atoms with van der Waals surface area (Å²) < 4.78 is 1.94. The molecule has 1 amide bonds. The molecule has 1 aliphatic rings. The maximum Gasteiger partial charge on any atom is 0.272 e. The molecule has 1 aromatic carbocycles. The number of rotatable bonds is 9. The summed E-state index contributed by atoms with van der Waals surface area (Å²) >= 11 is 0. The lowest BCUT2D eigenvalue weighted by molar-refractivity contribution is 0.0932. The number of carbonyl (C=O) groups is 1. The van der Waals surface area contributed by atoms with Crippen LogP contribution in [0, 0.1) is 0 Å². The Morgan fingerprint density at radius 1 is 1.00 bits per heavy atom. The molecule has 2 aromatic rings. The number of aromatic nitrogens is 2. The Labute approximate surface area is 162 Å². The van der Waals surface area contributed by atoms with Gasteiger partial charge in [-0.1, -0.05) is 38.5 Å². The summed E-state index contributed by atoms with van der Waals surface area (Å²) in [7, 11) is 0. The third kappa shape index (κ3) is 5.08. The van der Waals surface area contributed by atoms with Gasteiger partial charge in [0.25, 0.3) is 5.91 Å². The van der Waals surface area contributed by atoms with Crippen LogP contribution < -0.4 is 5.32 Å². The first-order valence-corrected chi connectivity index (χ1v) is 10.4. The van der Waals surface area contributed by atoms with E-state index in [4.69, 9.17) is 0 Å². The first kappa shape index (κ1) is 19.8. The molecule has 0 atom stereocenters. The number of hydrogen-bond donors (Lipinski definition) is 1. The summed E-state index contributed by atoms with van der Waals surface area (Å²) in [5, 5.41) is 8.57. The second kappa shape index (κ2) is 9.85. The van der Waals surface area contributed by atoms with Gasteiger partial charge in [-0.15, -0.1) is 0 Å². The number of nitrogens with zero attached hydrogens (tertiary/aromatic N) is 4. The Balaban J connectivity index is 1.50. The molecule has 0 radical (unpaired) electrons. The Morgan fingerprint density at radius 2 is 1.70 bits per heavy atom. The van der Waals surface area contributed by atoms with Gasteiger partial charge in [-0.2, -0.15) is 5.10 Å². The molecule has 6 heteroatoms. The van der Waals surface area contributed by atoms with Gasteiger partial charge in [0.15, 0.2) is 5.69 Å². The third-order valence-electron chi connectivity index (χ3n) is 5.31. The van der Waals surface area contributed by atoms with Crippen LogP contribution in [0.5, 0.6) is 0 Å². The van der Waals surface area contributed by atoms with Crippen molar-refractivity contribution in [2.75, 3.05) is 45.8 Å². The molecule has 0 bridgehead atoms. The van der Waals surface area contributed by atoms with E-state index in [2.05, 4.69) is 34.1 Å². The molecule has 1 aromatic heterocycles. The molecule has 6 nitrogen and oxygen atoms in total. The van der Waals surface area contributed by atoms with Crippen molar-refractivity contribution < 1.29 is 4.79 Å². The molecule has 148 valence electrons. The number of benzene rings is 1. The molecule has 0 spiro atoms. The van der Waals surface area contributed by atoms with Crippen molar-refractivity contribution in [2.24, 2.45) is 0 Å². The van der Waals surface area contributed by atoms with Gasteiger partial charge in [-0.3, -0.25) is 14.4 Å². The zero-order valence-corrected chi connectivity index (χ0v) is 16.8. The maximum atomic E-state index is 12.7. The summed E-state index contributed by atoms with van der Waals surface area (Å²) in [5.41, 5.74) is 1.58. The molecule has 27 heavy (non-hydrogen) atoms. The van der Waals surface area contributed by atoms with Crippen LogP contribution in [0.1, 0.15) is 43.6 Å². The van der Waals surface area contributed by atoms with Gasteiger partial charge in [0.1, 0.15) is 0 Å². The molecule has 1 saturated heterocycles. The van der Waals surface area contributed by atoms with E-state index < -0.39 is 0 Å². The highest BCUT2D eigenvalue weighted by Gasteiger charge is 2.18. The number of fused-ring (bicyclic) bond motifs is 1. The zero-order valence-electron chi connectivity index (χ0n) is 16.8. The van der Waals surface area contributed by atoms with Gasteiger partial charge in [0.2, 0.25) is 0 Å². The molecule has 1 aliphatic heterocycles. The van der Waals surface area contributed by atoms with Crippen LogP contribution in [0.25, 0.3) is 10.9 Å². The van der Waals surface area contributed by atoms with Crippen LogP contribution in [0.2, 0.25) is 0 Å². The first-order chi connectivity index (χ1) is 13.2. The van der Waals surface area contributed by atoms with E-state index in [0.717, 1.165) is 56.6 Å².